The monoisotopic (exact) mass is 225 g/mol. The third-order valence-corrected chi connectivity index (χ3v) is 3.25. The predicted molar refractivity (Wildman–Crippen MR) is 59.7 cm³/mol. The molecule has 0 radical (unpaired) electrons. The molecule has 0 bridgehead atoms. The van der Waals surface area contributed by atoms with E-state index < -0.39 is 0 Å². The number of carbonyl (C=O) groups excluding carboxylic acids is 1. The van der Waals surface area contributed by atoms with Crippen LogP contribution in [0.1, 0.15) is 31.5 Å². The fourth-order valence-electron chi connectivity index (χ4n) is 1.75. The number of amides is 1. The van der Waals surface area contributed by atoms with Crippen molar-refractivity contribution < 1.29 is 4.79 Å². The van der Waals surface area contributed by atoms with Gasteiger partial charge in [-0.05, 0) is 13.3 Å². The molecule has 15 heavy (non-hydrogen) atoms. The number of hydrogen-bond donors (Lipinski definition) is 2. The SMILES string of the molecule is CC(NC1CCC(=O)NC1)c1cscn1. The summed E-state index contributed by atoms with van der Waals surface area (Å²) < 4.78 is 0. The van der Waals surface area contributed by atoms with Gasteiger partial charge in [-0.2, -0.15) is 0 Å². The van der Waals surface area contributed by atoms with Crippen molar-refractivity contribution in [2.24, 2.45) is 0 Å². The Balaban J connectivity index is 1.84. The molecule has 0 aromatic carbocycles. The number of piperidine rings is 1. The third-order valence-electron chi connectivity index (χ3n) is 2.65. The second kappa shape index (κ2) is 4.72. The molecule has 0 saturated carbocycles. The zero-order valence-corrected chi connectivity index (χ0v) is 9.51. The molecular weight excluding hydrogens is 210 g/mol. The van der Waals surface area contributed by atoms with E-state index in [4.69, 9.17) is 0 Å². The smallest absolute Gasteiger partial charge is 0.220 e. The maximum atomic E-state index is 11.0. The van der Waals surface area contributed by atoms with Gasteiger partial charge in [0.1, 0.15) is 0 Å². The molecule has 1 aliphatic rings. The van der Waals surface area contributed by atoms with Gasteiger partial charge in [0.05, 0.1) is 11.2 Å². The van der Waals surface area contributed by atoms with Crippen LogP contribution in [0.25, 0.3) is 0 Å². The summed E-state index contributed by atoms with van der Waals surface area (Å²) in [6, 6.07) is 0.635. The van der Waals surface area contributed by atoms with E-state index in [0.717, 1.165) is 18.7 Å². The van der Waals surface area contributed by atoms with Crippen LogP contribution in [0.2, 0.25) is 0 Å². The second-order valence-electron chi connectivity index (χ2n) is 3.84. The summed E-state index contributed by atoms with van der Waals surface area (Å²) in [6.07, 6.45) is 1.54. The Morgan fingerprint density at radius 1 is 1.73 bits per heavy atom. The van der Waals surface area contributed by atoms with Crippen molar-refractivity contribution in [2.75, 3.05) is 6.54 Å². The number of aromatic nitrogens is 1. The van der Waals surface area contributed by atoms with E-state index in [2.05, 4.69) is 27.9 Å². The molecule has 1 fully saturated rings. The fraction of sp³-hybridized carbons (Fsp3) is 0.600. The van der Waals surface area contributed by atoms with Gasteiger partial charge in [0.25, 0.3) is 0 Å². The molecule has 2 atom stereocenters. The number of hydrogen-bond acceptors (Lipinski definition) is 4. The Hall–Kier alpha value is -0.940. The molecule has 2 heterocycles. The normalized spacial score (nSPS) is 23.5. The maximum Gasteiger partial charge on any atom is 0.220 e. The standard InChI is InChI=1S/C10H15N3OS/c1-7(9-5-15-6-12-9)13-8-2-3-10(14)11-4-8/h5-8,13H,2-4H2,1H3,(H,11,14). The zero-order chi connectivity index (χ0) is 10.7. The highest BCUT2D eigenvalue weighted by molar-refractivity contribution is 7.07. The number of nitrogens with zero attached hydrogens (tertiary/aromatic N) is 1. The van der Waals surface area contributed by atoms with Gasteiger partial charge in [0.2, 0.25) is 5.91 Å². The Morgan fingerprint density at radius 3 is 3.20 bits per heavy atom. The predicted octanol–water partition coefficient (Wildman–Crippen LogP) is 1.07. The molecule has 2 rings (SSSR count). The lowest BCUT2D eigenvalue weighted by molar-refractivity contribution is -0.122. The van der Waals surface area contributed by atoms with Gasteiger partial charge >= 0.3 is 0 Å². The summed E-state index contributed by atoms with van der Waals surface area (Å²) in [5.74, 6) is 0.161. The quantitative estimate of drug-likeness (QED) is 0.809. The Bertz CT molecular complexity index is 315. The molecule has 1 saturated heterocycles. The average molecular weight is 225 g/mol. The Kier molecular flexibility index (Phi) is 3.33. The van der Waals surface area contributed by atoms with Crippen LogP contribution in [0.5, 0.6) is 0 Å². The van der Waals surface area contributed by atoms with E-state index in [1.165, 1.54) is 0 Å². The number of nitrogens with one attached hydrogen (secondary N) is 2. The Labute approximate surface area is 93.1 Å². The lowest BCUT2D eigenvalue weighted by atomic mass is 10.1. The number of carbonyl (C=O) groups is 1. The molecule has 0 spiro atoms. The van der Waals surface area contributed by atoms with Gasteiger partial charge < -0.3 is 10.6 Å². The number of thiazole rings is 1. The van der Waals surface area contributed by atoms with E-state index in [0.29, 0.717) is 12.5 Å². The molecular formula is C10H15N3OS. The van der Waals surface area contributed by atoms with E-state index in [1.807, 2.05) is 5.51 Å². The highest BCUT2D eigenvalue weighted by Gasteiger charge is 2.20. The van der Waals surface area contributed by atoms with Crippen molar-refractivity contribution in [2.45, 2.75) is 31.8 Å². The summed E-state index contributed by atoms with van der Waals surface area (Å²) in [6.45, 7) is 2.83. The van der Waals surface area contributed by atoms with Gasteiger partial charge in [-0.25, -0.2) is 4.98 Å². The summed E-state index contributed by atoms with van der Waals surface area (Å²) >= 11 is 1.61. The van der Waals surface area contributed by atoms with Crippen molar-refractivity contribution in [3.8, 4) is 0 Å². The summed E-state index contributed by atoms with van der Waals surface area (Å²) in [5.41, 5.74) is 2.92. The van der Waals surface area contributed by atoms with E-state index >= 15 is 0 Å². The minimum Gasteiger partial charge on any atom is -0.355 e. The lowest BCUT2D eigenvalue weighted by Crippen LogP contribution is -2.46. The van der Waals surface area contributed by atoms with Crippen LogP contribution >= 0.6 is 11.3 Å². The van der Waals surface area contributed by atoms with E-state index in [-0.39, 0.29) is 11.9 Å². The van der Waals surface area contributed by atoms with E-state index in [1.54, 1.807) is 11.3 Å². The number of rotatable bonds is 3. The minimum atomic E-state index is 0.161. The minimum absolute atomic E-state index is 0.161. The lowest BCUT2D eigenvalue weighted by Gasteiger charge is -2.26. The van der Waals surface area contributed by atoms with Crippen LogP contribution in [0, 0.1) is 0 Å². The van der Waals surface area contributed by atoms with Crippen molar-refractivity contribution in [1.82, 2.24) is 15.6 Å². The molecule has 1 aromatic heterocycles. The first-order valence-electron chi connectivity index (χ1n) is 5.16. The van der Waals surface area contributed by atoms with Crippen LogP contribution in [-0.4, -0.2) is 23.5 Å². The first-order chi connectivity index (χ1) is 7.25. The van der Waals surface area contributed by atoms with Crippen molar-refractivity contribution in [3.63, 3.8) is 0 Å². The van der Waals surface area contributed by atoms with Crippen molar-refractivity contribution in [1.29, 1.82) is 0 Å². The molecule has 2 unspecified atom stereocenters. The molecule has 1 aliphatic heterocycles. The summed E-state index contributed by atoms with van der Waals surface area (Å²) in [4.78, 5) is 15.2. The first kappa shape index (κ1) is 10.6. The maximum absolute atomic E-state index is 11.0. The largest absolute Gasteiger partial charge is 0.355 e. The van der Waals surface area contributed by atoms with Crippen LogP contribution in [0.3, 0.4) is 0 Å². The first-order valence-corrected chi connectivity index (χ1v) is 6.11. The molecule has 1 amide bonds. The molecule has 2 N–H and O–H groups in total. The van der Waals surface area contributed by atoms with Crippen molar-refractivity contribution >= 4 is 17.2 Å². The second-order valence-corrected chi connectivity index (χ2v) is 4.56. The van der Waals surface area contributed by atoms with Gasteiger partial charge in [-0.15, -0.1) is 11.3 Å². The van der Waals surface area contributed by atoms with E-state index in [9.17, 15) is 4.79 Å². The fourth-order valence-corrected chi connectivity index (χ4v) is 2.40. The van der Waals surface area contributed by atoms with Gasteiger partial charge in [0.15, 0.2) is 0 Å². The van der Waals surface area contributed by atoms with Crippen LogP contribution in [-0.2, 0) is 4.79 Å². The molecule has 4 nitrogen and oxygen atoms in total. The van der Waals surface area contributed by atoms with Crippen molar-refractivity contribution in [3.05, 3.63) is 16.6 Å². The van der Waals surface area contributed by atoms with Gasteiger partial charge in [-0.1, -0.05) is 0 Å². The van der Waals surface area contributed by atoms with Gasteiger partial charge in [-0.3, -0.25) is 4.79 Å². The molecule has 0 aliphatic carbocycles. The van der Waals surface area contributed by atoms with Crippen LogP contribution in [0.15, 0.2) is 10.9 Å². The molecule has 5 heteroatoms. The highest BCUT2D eigenvalue weighted by Crippen LogP contribution is 2.14. The van der Waals surface area contributed by atoms with Gasteiger partial charge in [0, 0.05) is 30.4 Å². The zero-order valence-electron chi connectivity index (χ0n) is 8.69. The molecule has 1 aromatic rings. The average Bonchev–Trinajstić information content (AvgIpc) is 2.74. The molecule has 82 valence electrons. The van der Waals surface area contributed by atoms with Crippen LogP contribution < -0.4 is 10.6 Å². The summed E-state index contributed by atoms with van der Waals surface area (Å²) in [7, 11) is 0. The Morgan fingerprint density at radius 2 is 2.60 bits per heavy atom. The highest BCUT2D eigenvalue weighted by atomic mass is 32.1. The topological polar surface area (TPSA) is 54.0 Å². The summed E-state index contributed by atoms with van der Waals surface area (Å²) in [5, 5.41) is 8.39. The van der Waals surface area contributed by atoms with Crippen LogP contribution in [0.4, 0.5) is 0 Å². The third kappa shape index (κ3) is 2.76.